The molecule has 114 valence electrons. The van der Waals surface area contributed by atoms with Crippen LogP contribution in [0.3, 0.4) is 0 Å². The molecule has 1 aromatic heterocycles. The highest BCUT2D eigenvalue weighted by molar-refractivity contribution is 6.04. The summed E-state index contributed by atoms with van der Waals surface area (Å²) in [6, 6.07) is 8.33. The second-order valence-corrected chi connectivity index (χ2v) is 5.02. The van der Waals surface area contributed by atoms with Crippen molar-refractivity contribution in [3.63, 3.8) is 0 Å². The minimum Gasteiger partial charge on any atom is -0.350 e. The third kappa shape index (κ3) is 4.12. The van der Waals surface area contributed by atoms with E-state index in [2.05, 4.69) is 15.6 Å². The summed E-state index contributed by atoms with van der Waals surface area (Å²) in [6.07, 6.45) is 1.40. The van der Waals surface area contributed by atoms with Gasteiger partial charge in [0.15, 0.2) is 0 Å². The highest BCUT2D eigenvalue weighted by Crippen LogP contribution is 2.10. The van der Waals surface area contributed by atoms with E-state index in [0.29, 0.717) is 11.3 Å². The number of carbonyl (C=O) groups excluding carboxylic acids is 2. The second-order valence-electron chi connectivity index (χ2n) is 5.02. The number of halogens is 1. The van der Waals surface area contributed by atoms with Crippen LogP contribution in [0.2, 0.25) is 0 Å². The fraction of sp³-hybridized carbons (Fsp3) is 0.188. The molecule has 2 N–H and O–H groups in total. The van der Waals surface area contributed by atoms with E-state index in [9.17, 15) is 14.0 Å². The number of hydrogen-bond donors (Lipinski definition) is 2. The van der Waals surface area contributed by atoms with Gasteiger partial charge < -0.3 is 10.6 Å². The third-order valence-corrected chi connectivity index (χ3v) is 2.78. The SMILES string of the molecule is CC(C)NC(=O)c1ccnc(C(=O)Nc2ccc(F)cc2)c1. The summed E-state index contributed by atoms with van der Waals surface area (Å²) in [5.41, 5.74) is 0.916. The minimum absolute atomic E-state index is 0.00263. The molecule has 0 unspecified atom stereocenters. The van der Waals surface area contributed by atoms with Crippen LogP contribution in [0.25, 0.3) is 0 Å². The lowest BCUT2D eigenvalue weighted by atomic mass is 10.2. The highest BCUT2D eigenvalue weighted by Gasteiger charge is 2.12. The van der Waals surface area contributed by atoms with Crippen LogP contribution >= 0.6 is 0 Å². The molecule has 6 heteroatoms. The molecule has 1 aromatic carbocycles. The van der Waals surface area contributed by atoms with Gasteiger partial charge in [0.1, 0.15) is 11.5 Å². The Balaban J connectivity index is 2.13. The number of carbonyl (C=O) groups is 2. The quantitative estimate of drug-likeness (QED) is 0.912. The molecule has 1 heterocycles. The Kier molecular flexibility index (Phi) is 4.83. The average Bonchev–Trinajstić information content (AvgIpc) is 2.49. The van der Waals surface area contributed by atoms with Crippen LogP contribution in [0.4, 0.5) is 10.1 Å². The van der Waals surface area contributed by atoms with Gasteiger partial charge in [0.05, 0.1) is 0 Å². The van der Waals surface area contributed by atoms with Crippen LogP contribution < -0.4 is 10.6 Å². The van der Waals surface area contributed by atoms with Gasteiger partial charge >= 0.3 is 0 Å². The molecular weight excluding hydrogens is 285 g/mol. The van der Waals surface area contributed by atoms with Crippen LogP contribution in [0.15, 0.2) is 42.6 Å². The molecule has 0 aliphatic rings. The van der Waals surface area contributed by atoms with Crippen molar-refractivity contribution in [1.29, 1.82) is 0 Å². The van der Waals surface area contributed by atoms with E-state index in [1.165, 1.54) is 42.6 Å². The molecule has 0 saturated carbocycles. The first-order valence-electron chi connectivity index (χ1n) is 6.79. The van der Waals surface area contributed by atoms with E-state index < -0.39 is 5.91 Å². The van der Waals surface area contributed by atoms with Crippen molar-refractivity contribution in [3.05, 3.63) is 59.7 Å². The van der Waals surface area contributed by atoms with Gasteiger partial charge in [-0.15, -0.1) is 0 Å². The molecule has 5 nitrogen and oxygen atoms in total. The number of nitrogens with one attached hydrogen (secondary N) is 2. The Morgan fingerprint density at radius 1 is 1.09 bits per heavy atom. The van der Waals surface area contributed by atoms with Crippen molar-refractivity contribution in [2.24, 2.45) is 0 Å². The van der Waals surface area contributed by atoms with Crippen LogP contribution in [-0.2, 0) is 0 Å². The molecule has 0 saturated heterocycles. The Bertz CT molecular complexity index is 684. The van der Waals surface area contributed by atoms with Crippen molar-refractivity contribution < 1.29 is 14.0 Å². The van der Waals surface area contributed by atoms with Crippen LogP contribution in [0, 0.1) is 5.82 Å². The largest absolute Gasteiger partial charge is 0.350 e. The molecule has 0 bridgehead atoms. The lowest BCUT2D eigenvalue weighted by molar-refractivity contribution is 0.0943. The summed E-state index contributed by atoms with van der Waals surface area (Å²) in [4.78, 5) is 28.0. The summed E-state index contributed by atoms with van der Waals surface area (Å²) < 4.78 is 12.8. The number of aromatic nitrogens is 1. The van der Waals surface area contributed by atoms with Gasteiger partial charge in [-0.2, -0.15) is 0 Å². The molecular formula is C16H16FN3O2. The Hall–Kier alpha value is -2.76. The van der Waals surface area contributed by atoms with Crippen molar-refractivity contribution in [2.75, 3.05) is 5.32 Å². The molecule has 0 aliphatic carbocycles. The number of nitrogens with zero attached hydrogens (tertiary/aromatic N) is 1. The lowest BCUT2D eigenvalue weighted by Gasteiger charge is -2.09. The van der Waals surface area contributed by atoms with Gasteiger partial charge in [-0.3, -0.25) is 14.6 Å². The first kappa shape index (κ1) is 15.6. The minimum atomic E-state index is -0.467. The standard InChI is InChI=1S/C16H16FN3O2/c1-10(2)19-15(21)11-7-8-18-14(9-11)16(22)20-13-5-3-12(17)4-6-13/h3-10H,1-2H3,(H,19,21)(H,20,22). The zero-order valence-electron chi connectivity index (χ0n) is 12.3. The van der Waals surface area contributed by atoms with Gasteiger partial charge in [0.2, 0.25) is 0 Å². The van der Waals surface area contributed by atoms with Gasteiger partial charge in [0.25, 0.3) is 11.8 Å². The number of pyridine rings is 1. The van der Waals surface area contributed by atoms with E-state index in [1.807, 2.05) is 13.8 Å². The maximum atomic E-state index is 12.8. The number of amides is 2. The smallest absolute Gasteiger partial charge is 0.274 e. The van der Waals surface area contributed by atoms with E-state index in [-0.39, 0.29) is 23.5 Å². The summed E-state index contributed by atoms with van der Waals surface area (Å²) in [6.45, 7) is 3.70. The van der Waals surface area contributed by atoms with E-state index in [0.717, 1.165) is 0 Å². The molecule has 0 aliphatic heterocycles. The molecule has 2 aromatic rings. The predicted octanol–water partition coefficient (Wildman–Crippen LogP) is 2.61. The van der Waals surface area contributed by atoms with Crippen LogP contribution in [0.1, 0.15) is 34.7 Å². The molecule has 0 radical (unpaired) electrons. The van der Waals surface area contributed by atoms with Crippen molar-refractivity contribution in [3.8, 4) is 0 Å². The van der Waals surface area contributed by atoms with Crippen LogP contribution in [0.5, 0.6) is 0 Å². The zero-order chi connectivity index (χ0) is 16.1. The van der Waals surface area contributed by atoms with Gasteiger partial charge in [-0.25, -0.2) is 4.39 Å². The summed E-state index contributed by atoms with van der Waals surface area (Å²) in [7, 11) is 0. The second kappa shape index (κ2) is 6.80. The molecule has 0 atom stereocenters. The maximum absolute atomic E-state index is 12.8. The first-order valence-corrected chi connectivity index (χ1v) is 6.79. The number of rotatable bonds is 4. The number of benzene rings is 1. The summed E-state index contributed by atoms with van der Waals surface area (Å²) >= 11 is 0. The fourth-order valence-corrected chi connectivity index (χ4v) is 1.77. The van der Waals surface area contributed by atoms with Gasteiger partial charge in [-0.1, -0.05) is 0 Å². The van der Waals surface area contributed by atoms with E-state index >= 15 is 0 Å². The van der Waals surface area contributed by atoms with Gasteiger partial charge in [0, 0.05) is 23.5 Å². The normalized spacial score (nSPS) is 10.4. The van der Waals surface area contributed by atoms with Crippen molar-refractivity contribution >= 4 is 17.5 Å². The van der Waals surface area contributed by atoms with Gasteiger partial charge in [-0.05, 0) is 50.2 Å². The van der Waals surface area contributed by atoms with Crippen LogP contribution in [-0.4, -0.2) is 22.8 Å². The molecule has 0 fully saturated rings. The maximum Gasteiger partial charge on any atom is 0.274 e. The topological polar surface area (TPSA) is 71.1 Å². The highest BCUT2D eigenvalue weighted by atomic mass is 19.1. The monoisotopic (exact) mass is 301 g/mol. The Labute approximate surface area is 127 Å². The number of hydrogen-bond acceptors (Lipinski definition) is 3. The van der Waals surface area contributed by atoms with Crippen molar-refractivity contribution in [2.45, 2.75) is 19.9 Å². The van der Waals surface area contributed by atoms with E-state index in [1.54, 1.807) is 0 Å². The fourth-order valence-electron chi connectivity index (χ4n) is 1.77. The molecule has 2 rings (SSSR count). The lowest BCUT2D eigenvalue weighted by Crippen LogP contribution is -2.30. The Morgan fingerprint density at radius 3 is 2.41 bits per heavy atom. The molecule has 22 heavy (non-hydrogen) atoms. The van der Waals surface area contributed by atoms with E-state index in [4.69, 9.17) is 0 Å². The zero-order valence-corrected chi connectivity index (χ0v) is 12.3. The third-order valence-electron chi connectivity index (χ3n) is 2.78. The summed E-state index contributed by atoms with van der Waals surface area (Å²) in [5.74, 6) is -1.12. The first-order chi connectivity index (χ1) is 10.5. The average molecular weight is 301 g/mol. The summed E-state index contributed by atoms with van der Waals surface area (Å²) in [5, 5.41) is 5.33. The Morgan fingerprint density at radius 2 is 1.77 bits per heavy atom. The number of anilines is 1. The molecule has 0 spiro atoms. The molecule has 2 amide bonds. The predicted molar refractivity (Wildman–Crippen MR) is 81.2 cm³/mol. The van der Waals surface area contributed by atoms with Crippen molar-refractivity contribution in [1.82, 2.24) is 10.3 Å².